The second-order valence-electron chi connectivity index (χ2n) is 7.34. The number of carbonyl (C=O) groups excluding carboxylic acids is 2. The third-order valence-electron chi connectivity index (χ3n) is 5.36. The average molecular weight is 346 g/mol. The first-order valence-electron chi connectivity index (χ1n) is 9.04. The van der Waals surface area contributed by atoms with Gasteiger partial charge in [0.15, 0.2) is 0 Å². The molecule has 2 atom stereocenters. The molecule has 6 heteroatoms. The first kappa shape index (κ1) is 16.5. The summed E-state index contributed by atoms with van der Waals surface area (Å²) >= 11 is 0. The molecule has 1 aliphatic carbocycles. The molecule has 134 valence electrons. The number of rotatable bonds is 4. The molecule has 0 bridgehead atoms. The van der Waals surface area contributed by atoms with Gasteiger partial charge in [0.05, 0.1) is 19.1 Å². The molecule has 2 aliphatic heterocycles. The van der Waals surface area contributed by atoms with Gasteiger partial charge in [0.1, 0.15) is 11.9 Å². The normalized spacial score (nSPS) is 27.0. The van der Waals surface area contributed by atoms with Gasteiger partial charge in [0.25, 0.3) is 0 Å². The molecule has 1 aromatic rings. The number of benzene rings is 1. The third kappa shape index (κ3) is 3.68. The second-order valence-corrected chi connectivity index (χ2v) is 7.34. The molecular weight excluding hydrogens is 323 g/mol. The van der Waals surface area contributed by atoms with Crippen LogP contribution in [0.1, 0.15) is 30.9 Å². The maximum Gasteiger partial charge on any atom is 0.228 e. The largest absolute Gasteiger partial charge is 0.370 e. The fraction of sp³-hybridized carbons (Fsp3) is 0.579. The van der Waals surface area contributed by atoms with E-state index in [0.29, 0.717) is 38.6 Å². The van der Waals surface area contributed by atoms with Crippen LogP contribution < -0.4 is 0 Å². The van der Waals surface area contributed by atoms with Gasteiger partial charge >= 0.3 is 0 Å². The summed E-state index contributed by atoms with van der Waals surface area (Å²) in [5.74, 6) is 0.269. The predicted molar refractivity (Wildman–Crippen MR) is 89.1 cm³/mol. The molecule has 2 saturated heterocycles. The summed E-state index contributed by atoms with van der Waals surface area (Å²) in [6.45, 7) is 2.82. The van der Waals surface area contributed by atoms with E-state index in [1.54, 1.807) is 17.0 Å². The van der Waals surface area contributed by atoms with Gasteiger partial charge in [-0.05, 0) is 36.5 Å². The number of hydrogen-bond donors (Lipinski definition) is 0. The second kappa shape index (κ2) is 6.75. The van der Waals surface area contributed by atoms with Crippen molar-refractivity contribution < 1.29 is 18.7 Å². The average Bonchev–Trinajstić information content (AvgIpc) is 3.37. The monoisotopic (exact) mass is 346 g/mol. The molecule has 2 heterocycles. The van der Waals surface area contributed by atoms with Crippen molar-refractivity contribution >= 4 is 11.8 Å². The topological polar surface area (TPSA) is 49.9 Å². The fourth-order valence-electron chi connectivity index (χ4n) is 3.71. The van der Waals surface area contributed by atoms with Crippen LogP contribution in [0.25, 0.3) is 0 Å². The van der Waals surface area contributed by atoms with Crippen LogP contribution in [0.3, 0.4) is 0 Å². The number of carbonyl (C=O) groups is 2. The van der Waals surface area contributed by atoms with E-state index < -0.39 is 0 Å². The SMILES string of the molecule is O=C1C[C@H](C(=O)N2CCO[C@H](c3ccc(F)cc3)C2)CN1CC1CC1. The lowest BCUT2D eigenvalue weighted by molar-refractivity contribution is -0.143. The van der Waals surface area contributed by atoms with Gasteiger partial charge < -0.3 is 14.5 Å². The van der Waals surface area contributed by atoms with Crippen LogP contribution in [-0.2, 0) is 14.3 Å². The zero-order valence-electron chi connectivity index (χ0n) is 14.2. The van der Waals surface area contributed by atoms with Crippen molar-refractivity contribution in [3.8, 4) is 0 Å². The lowest BCUT2D eigenvalue weighted by Gasteiger charge is -2.34. The lowest BCUT2D eigenvalue weighted by atomic mass is 10.0. The van der Waals surface area contributed by atoms with Gasteiger partial charge in [-0.1, -0.05) is 12.1 Å². The van der Waals surface area contributed by atoms with Crippen LogP contribution in [0.5, 0.6) is 0 Å². The number of likely N-dealkylation sites (tertiary alicyclic amines) is 1. The van der Waals surface area contributed by atoms with Gasteiger partial charge in [-0.25, -0.2) is 4.39 Å². The summed E-state index contributed by atoms with van der Waals surface area (Å²) in [5.41, 5.74) is 0.872. The van der Waals surface area contributed by atoms with Crippen LogP contribution >= 0.6 is 0 Å². The summed E-state index contributed by atoms with van der Waals surface area (Å²) in [7, 11) is 0. The molecule has 25 heavy (non-hydrogen) atoms. The molecule has 0 N–H and O–H groups in total. The van der Waals surface area contributed by atoms with Crippen molar-refractivity contribution in [3.63, 3.8) is 0 Å². The summed E-state index contributed by atoms with van der Waals surface area (Å²) in [4.78, 5) is 28.7. The standard InChI is InChI=1S/C19H23FN2O3/c20-16-5-3-14(4-6-16)17-12-21(7-8-25-17)19(24)15-9-18(23)22(11-15)10-13-1-2-13/h3-6,13,15,17H,1-2,7-12H2/t15-,17-/m0/s1. The Morgan fingerprint density at radius 3 is 2.68 bits per heavy atom. The summed E-state index contributed by atoms with van der Waals surface area (Å²) in [6, 6.07) is 6.21. The molecule has 1 aromatic carbocycles. The predicted octanol–water partition coefficient (Wildman–Crippen LogP) is 1.98. The zero-order chi connectivity index (χ0) is 17.4. The zero-order valence-corrected chi connectivity index (χ0v) is 14.2. The first-order valence-corrected chi connectivity index (χ1v) is 9.04. The maximum absolute atomic E-state index is 13.1. The van der Waals surface area contributed by atoms with Crippen molar-refractivity contribution in [2.24, 2.45) is 11.8 Å². The molecule has 2 amide bonds. The highest BCUT2D eigenvalue weighted by molar-refractivity contribution is 5.89. The minimum atomic E-state index is -0.285. The Labute approximate surface area is 146 Å². The Kier molecular flexibility index (Phi) is 4.46. The first-order chi connectivity index (χ1) is 12.1. The Balaban J connectivity index is 1.38. The lowest BCUT2D eigenvalue weighted by Crippen LogP contribution is -2.45. The molecule has 3 fully saturated rings. The van der Waals surface area contributed by atoms with Crippen LogP contribution in [0, 0.1) is 17.7 Å². The van der Waals surface area contributed by atoms with Crippen molar-refractivity contribution in [1.82, 2.24) is 9.80 Å². The van der Waals surface area contributed by atoms with Gasteiger partial charge in [-0.2, -0.15) is 0 Å². The van der Waals surface area contributed by atoms with Crippen molar-refractivity contribution in [2.75, 3.05) is 32.8 Å². The van der Waals surface area contributed by atoms with Crippen molar-refractivity contribution in [2.45, 2.75) is 25.4 Å². The summed E-state index contributed by atoms with van der Waals surface area (Å²) in [6.07, 6.45) is 2.48. The van der Waals surface area contributed by atoms with Crippen LogP contribution in [0.4, 0.5) is 4.39 Å². The number of ether oxygens (including phenoxy) is 1. The molecule has 4 rings (SSSR count). The van der Waals surface area contributed by atoms with E-state index in [-0.39, 0.29) is 29.7 Å². The third-order valence-corrected chi connectivity index (χ3v) is 5.36. The van der Waals surface area contributed by atoms with Crippen LogP contribution in [-0.4, -0.2) is 54.4 Å². The van der Waals surface area contributed by atoms with Crippen LogP contribution in [0.2, 0.25) is 0 Å². The molecule has 1 saturated carbocycles. The van der Waals surface area contributed by atoms with E-state index in [2.05, 4.69) is 0 Å². The Morgan fingerprint density at radius 1 is 1.20 bits per heavy atom. The van der Waals surface area contributed by atoms with Crippen LogP contribution in [0.15, 0.2) is 24.3 Å². The van der Waals surface area contributed by atoms with Gasteiger partial charge in [0.2, 0.25) is 11.8 Å². The van der Waals surface area contributed by atoms with E-state index in [1.807, 2.05) is 4.90 Å². The quantitative estimate of drug-likeness (QED) is 0.838. The minimum Gasteiger partial charge on any atom is -0.370 e. The Morgan fingerprint density at radius 2 is 1.96 bits per heavy atom. The summed E-state index contributed by atoms with van der Waals surface area (Å²) in [5, 5.41) is 0. The highest BCUT2D eigenvalue weighted by Gasteiger charge is 2.39. The molecule has 0 aromatic heterocycles. The molecular formula is C19H23FN2O3. The van der Waals surface area contributed by atoms with E-state index in [9.17, 15) is 14.0 Å². The number of halogens is 1. The van der Waals surface area contributed by atoms with Crippen molar-refractivity contribution in [3.05, 3.63) is 35.6 Å². The molecule has 0 radical (unpaired) electrons. The Bertz CT molecular complexity index is 659. The molecule has 3 aliphatic rings. The van der Waals surface area contributed by atoms with Gasteiger partial charge in [-0.3, -0.25) is 9.59 Å². The van der Waals surface area contributed by atoms with E-state index in [4.69, 9.17) is 4.74 Å². The highest BCUT2D eigenvalue weighted by Crippen LogP contribution is 2.32. The number of hydrogen-bond acceptors (Lipinski definition) is 3. The number of nitrogens with zero attached hydrogens (tertiary/aromatic N) is 2. The van der Waals surface area contributed by atoms with E-state index in [0.717, 1.165) is 12.1 Å². The number of morpholine rings is 1. The molecule has 0 unspecified atom stereocenters. The van der Waals surface area contributed by atoms with Gasteiger partial charge in [0, 0.05) is 26.1 Å². The van der Waals surface area contributed by atoms with E-state index >= 15 is 0 Å². The Hall–Kier alpha value is -1.95. The maximum atomic E-state index is 13.1. The molecule has 0 spiro atoms. The van der Waals surface area contributed by atoms with Gasteiger partial charge in [-0.15, -0.1) is 0 Å². The molecule has 5 nitrogen and oxygen atoms in total. The van der Waals surface area contributed by atoms with E-state index in [1.165, 1.54) is 25.0 Å². The summed E-state index contributed by atoms with van der Waals surface area (Å²) < 4.78 is 18.8. The fourth-order valence-corrected chi connectivity index (χ4v) is 3.71. The minimum absolute atomic E-state index is 0.0436. The highest BCUT2D eigenvalue weighted by atomic mass is 19.1. The van der Waals surface area contributed by atoms with Crippen molar-refractivity contribution in [1.29, 1.82) is 0 Å². The smallest absolute Gasteiger partial charge is 0.228 e. The number of amides is 2.